The van der Waals surface area contributed by atoms with Crippen LogP contribution in [0.5, 0.6) is 0 Å². The van der Waals surface area contributed by atoms with E-state index in [-0.39, 0.29) is 0 Å². The topological polar surface area (TPSA) is 38.5 Å². The van der Waals surface area contributed by atoms with Crippen molar-refractivity contribution < 1.29 is 4.74 Å². The maximum atomic E-state index is 6.10. The molecule has 0 radical (unpaired) electrons. The fraction of sp³-hybridized carbons (Fsp3) is 1.00. The average Bonchev–Trinajstić information content (AvgIpc) is 2.22. The third-order valence-electron chi connectivity index (χ3n) is 2.90. The molecule has 0 aromatic carbocycles. The lowest BCUT2D eigenvalue weighted by Crippen LogP contribution is -2.46. The van der Waals surface area contributed by atoms with Gasteiger partial charge in [-0.05, 0) is 19.8 Å². The van der Waals surface area contributed by atoms with E-state index in [0.29, 0.717) is 12.1 Å². The normalized spacial score (nSPS) is 25.4. The standard InChI is InChI=1S/C11H24N2OS/c1-10-9-15-7-5-13(10)8-11(12)4-3-6-14-2/h10-11H,3-9,12H2,1-2H3. The van der Waals surface area contributed by atoms with Gasteiger partial charge in [0.15, 0.2) is 0 Å². The summed E-state index contributed by atoms with van der Waals surface area (Å²) in [5, 5.41) is 0. The highest BCUT2D eigenvalue weighted by Gasteiger charge is 2.20. The van der Waals surface area contributed by atoms with Crippen LogP contribution >= 0.6 is 11.8 Å². The Morgan fingerprint density at radius 2 is 2.40 bits per heavy atom. The van der Waals surface area contributed by atoms with E-state index < -0.39 is 0 Å². The zero-order valence-electron chi connectivity index (χ0n) is 9.95. The van der Waals surface area contributed by atoms with Crippen molar-refractivity contribution >= 4 is 11.8 Å². The predicted molar refractivity (Wildman–Crippen MR) is 67.4 cm³/mol. The molecule has 1 saturated heterocycles. The van der Waals surface area contributed by atoms with E-state index in [2.05, 4.69) is 23.6 Å². The first kappa shape index (κ1) is 13.3. The van der Waals surface area contributed by atoms with Crippen LogP contribution < -0.4 is 5.73 Å². The van der Waals surface area contributed by atoms with Crippen LogP contribution in [0.4, 0.5) is 0 Å². The molecule has 0 aromatic heterocycles. The van der Waals surface area contributed by atoms with Crippen molar-refractivity contribution in [2.75, 3.05) is 38.3 Å². The molecule has 0 amide bonds. The summed E-state index contributed by atoms with van der Waals surface area (Å²) in [7, 11) is 1.75. The molecule has 3 nitrogen and oxygen atoms in total. The number of nitrogens with two attached hydrogens (primary N) is 1. The Hall–Kier alpha value is 0.230. The smallest absolute Gasteiger partial charge is 0.0462 e. The molecule has 0 bridgehead atoms. The third-order valence-corrected chi connectivity index (χ3v) is 4.09. The van der Waals surface area contributed by atoms with Gasteiger partial charge in [-0.2, -0.15) is 11.8 Å². The number of nitrogens with zero attached hydrogens (tertiary/aromatic N) is 1. The number of ether oxygens (including phenoxy) is 1. The van der Waals surface area contributed by atoms with Gasteiger partial charge < -0.3 is 10.5 Å². The lowest BCUT2D eigenvalue weighted by atomic mass is 10.1. The molecule has 1 aliphatic rings. The van der Waals surface area contributed by atoms with Crippen molar-refractivity contribution in [1.29, 1.82) is 0 Å². The van der Waals surface area contributed by atoms with E-state index in [1.807, 2.05) is 0 Å². The molecule has 0 spiro atoms. The fourth-order valence-corrected chi connectivity index (χ4v) is 3.00. The summed E-state index contributed by atoms with van der Waals surface area (Å²) in [5.41, 5.74) is 6.10. The summed E-state index contributed by atoms with van der Waals surface area (Å²) in [6, 6.07) is 1.00. The highest BCUT2D eigenvalue weighted by atomic mass is 32.2. The second-order valence-electron chi connectivity index (χ2n) is 4.31. The Labute approximate surface area is 97.7 Å². The Morgan fingerprint density at radius 3 is 3.07 bits per heavy atom. The van der Waals surface area contributed by atoms with Crippen LogP contribution in [-0.2, 0) is 4.74 Å². The first-order valence-electron chi connectivity index (χ1n) is 5.80. The molecular weight excluding hydrogens is 208 g/mol. The summed E-state index contributed by atoms with van der Waals surface area (Å²) >= 11 is 2.05. The van der Waals surface area contributed by atoms with Crippen molar-refractivity contribution in [3.63, 3.8) is 0 Å². The Kier molecular flexibility index (Phi) is 6.64. The molecule has 2 atom stereocenters. The van der Waals surface area contributed by atoms with Crippen LogP contribution in [0.15, 0.2) is 0 Å². The van der Waals surface area contributed by atoms with Gasteiger partial charge in [0.05, 0.1) is 0 Å². The summed E-state index contributed by atoms with van der Waals surface area (Å²) < 4.78 is 5.03. The monoisotopic (exact) mass is 232 g/mol. The maximum absolute atomic E-state index is 6.10. The fourth-order valence-electron chi connectivity index (χ4n) is 1.92. The number of methoxy groups -OCH3 is 1. The summed E-state index contributed by atoms with van der Waals surface area (Å²) in [5.74, 6) is 2.51. The first-order valence-corrected chi connectivity index (χ1v) is 6.96. The van der Waals surface area contributed by atoms with Gasteiger partial charge in [-0.25, -0.2) is 0 Å². The second-order valence-corrected chi connectivity index (χ2v) is 5.46. The summed E-state index contributed by atoms with van der Waals surface area (Å²) in [4.78, 5) is 2.52. The van der Waals surface area contributed by atoms with Crippen LogP contribution in [-0.4, -0.2) is 55.3 Å². The molecule has 1 fully saturated rings. The molecule has 4 heteroatoms. The molecule has 2 unspecified atom stereocenters. The molecule has 0 aliphatic carbocycles. The molecule has 1 heterocycles. The largest absolute Gasteiger partial charge is 0.385 e. The average molecular weight is 232 g/mol. The van der Waals surface area contributed by atoms with Gasteiger partial charge in [0.1, 0.15) is 0 Å². The van der Waals surface area contributed by atoms with Gasteiger partial charge in [0, 0.05) is 50.4 Å². The van der Waals surface area contributed by atoms with Gasteiger partial charge in [0.25, 0.3) is 0 Å². The van der Waals surface area contributed by atoms with Gasteiger partial charge in [0.2, 0.25) is 0 Å². The van der Waals surface area contributed by atoms with E-state index in [1.54, 1.807) is 7.11 Å². The lowest BCUT2D eigenvalue weighted by Gasteiger charge is -2.34. The Balaban J connectivity index is 2.15. The Morgan fingerprint density at radius 1 is 1.60 bits per heavy atom. The molecule has 15 heavy (non-hydrogen) atoms. The molecular formula is C11H24N2OS. The zero-order chi connectivity index (χ0) is 11.1. The quantitative estimate of drug-likeness (QED) is 0.698. The van der Waals surface area contributed by atoms with Crippen LogP contribution in [0.1, 0.15) is 19.8 Å². The van der Waals surface area contributed by atoms with Crippen molar-refractivity contribution in [3.8, 4) is 0 Å². The minimum atomic E-state index is 0.311. The molecule has 0 aromatic rings. The summed E-state index contributed by atoms with van der Waals surface area (Å²) in [6.45, 7) is 5.38. The zero-order valence-corrected chi connectivity index (χ0v) is 10.8. The van der Waals surface area contributed by atoms with Gasteiger partial charge in [-0.1, -0.05) is 0 Å². The van der Waals surface area contributed by atoms with Crippen molar-refractivity contribution in [1.82, 2.24) is 4.90 Å². The highest BCUT2D eigenvalue weighted by molar-refractivity contribution is 7.99. The second kappa shape index (κ2) is 7.49. The minimum absolute atomic E-state index is 0.311. The van der Waals surface area contributed by atoms with E-state index in [4.69, 9.17) is 10.5 Å². The Bertz CT molecular complexity index is 169. The SMILES string of the molecule is COCCCC(N)CN1CCSCC1C. The van der Waals surface area contributed by atoms with Crippen LogP contribution in [0.3, 0.4) is 0 Å². The van der Waals surface area contributed by atoms with E-state index in [1.165, 1.54) is 18.1 Å². The van der Waals surface area contributed by atoms with Gasteiger partial charge in [-0.15, -0.1) is 0 Å². The van der Waals surface area contributed by atoms with Crippen LogP contribution in [0.25, 0.3) is 0 Å². The number of thioether (sulfide) groups is 1. The van der Waals surface area contributed by atoms with Gasteiger partial charge in [-0.3, -0.25) is 4.90 Å². The van der Waals surface area contributed by atoms with Crippen molar-refractivity contribution in [2.45, 2.75) is 31.8 Å². The number of hydrogen-bond donors (Lipinski definition) is 1. The van der Waals surface area contributed by atoms with E-state index in [0.717, 1.165) is 26.0 Å². The van der Waals surface area contributed by atoms with Crippen molar-refractivity contribution in [3.05, 3.63) is 0 Å². The van der Waals surface area contributed by atoms with E-state index >= 15 is 0 Å². The molecule has 1 rings (SSSR count). The third kappa shape index (κ3) is 5.20. The minimum Gasteiger partial charge on any atom is -0.385 e. The number of hydrogen-bond acceptors (Lipinski definition) is 4. The van der Waals surface area contributed by atoms with Crippen LogP contribution in [0.2, 0.25) is 0 Å². The van der Waals surface area contributed by atoms with Crippen LogP contribution in [0, 0.1) is 0 Å². The first-order chi connectivity index (χ1) is 7.24. The predicted octanol–water partition coefficient (Wildman–Crippen LogP) is 1.18. The van der Waals surface area contributed by atoms with Gasteiger partial charge >= 0.3 is 0 Å². The molecule has 1 aliphatic heterocycles. The van der Waals surface area contributed by atoms with Crippen molar-refractivity contribution in [2.24, 2.45) is 5.73 Å². The maximum Gasteiger partial charge on any atom is 0.0462 e. The van der Waals surface area contributed by atoms with E-state index in [9.17, 15) is 0 Å². The molecule has 90 valence electrons. The highest BCUT2D eigenvalue weighted by Crippen LogP contribution is 2.16. The summed E-state index contributed by atoms with van der Waals surface area (Å²) in [6.07, 6.45) is 2.15. The molecule has 0 saturated carbocycles. The lowest BCUT2D eigenvalue weighted by molar-refractivity contribution is 0.179. The molecule has 2 N–H and O–H groups in total. The number of rotatable bonds is 6.